The second kappa shape index (κ2) is 9.10. The number of likely N-dealkylation sites (tertiary alicyclic amines) is 1. The van der Waals surface area contributed by atoms with Crippen molar-refractivity contribution in [3.63, 3.8) is 0 Å². The number of hydrogen-bond acceptors (Lipinski definition) is 4. The van der Waals surface area contributed by atoms with Crippen LogP contribution in [-0.2, 0) is 9.53 Å². The summed E-state index contributed by atoms with van der Waals surface area (Å²) in [6, 6.07) is 7.60. The average Bonchev–Trinajstić information content (AvgIpc) is 3.16. The zero-order valence-electron chi connectivity index (χ0n) is 16.8. The van der Waals surface area contributed by atoms with Gasteiger partial charge < -0.3 is 24.7 Å². The van der Waals surface area contributed by atoms with E-state index in [-0.39, 0.29) is 17.7 Å². The number of carbonyl (C=O) groups is 2. The number of fused-ring (bicyclic) bond motifs is 1. The average molecular weight is 387 g/mol. The smallest absolute Gasteiger partial charge is 0.270 e. The van der Waals surface area contributed by atoms with Gasteiger partial charge in [-0.3, -0.25) is 9.59 Å². The van der Waals surface area contributed by atoms with Gasteiger partial charge in [-0.1, -0.05) is 6.92 Å². The summed E-state index contributed by atoms with van der Waals surface area (Å²) in [6.07, 6.45) is 1.66. The Kier molecular flexibility index (Phi) is 6.57. The predicted molar refractivity (Wildman–Crippen MR) is 108 cm³/mol. The SMILES string of the molecule is COCCNC(=O)C(C)C1CCN(C(=O)c2cc3ccc(OC)cc3[nH]2)CC1. The summed E-state index contributed by atoms with van der Waals surface area (Å²) < 4.78 is 10.2. The number of aromatic amines is 1. The molecule has 1 aliphatic rings. The monoisotopic (exact) mass is 387 g/mol. The Bertz CT molecular complexity index is 824. The fourth-order valence-electron chi connectivity index (χ4n) is 3.77. The number of rotatable bonds is 7. The quantitative estimate of drug-likeness (QED) is 0.715. The molecule has 1 saturated heterocycles. The van der Waals surface area contributed by atoms with Crippen molar-refractivity contribution in [1.82, 2.24) is 15.2 Å². The lowest BCUT2D eigenvalue weighted by molar-refractivity contribution is -0.126. The van der Waals surface area contributed by atoms with Gasteiger partial charge in [0.2, 0.25) is 5.91 Å². The van der Waals surface area contributed by atoms with Crippen molar-refractivity contribution in [3.05, 3.63) is 30.0 Å². The Morgan fingerprint density at radius 2 is 2.00 bits per heavy atom. The molecule has 152 valence electrons. The van der Waals surface area contributed by atoms with Crippen LogP contribution in [0.5, 0.6) is 5.75 Å². The predicted octanol–water partition coefficient (Wildman–Crippen LogP) is 2.43. The number of H-pyrrole nitrogens is 1. The minimum Gasteiger partial charge on any atom is -0.497 e. The minimum atomic E-state index is -0.0605. The van der Waals surface area contributed by atoms with Crippen molar-refractivity contribution < 1.29 is 19.1 Å². The van der Waals surface area contributed by atoms with Gasteiger partial charge in [-0.05, 0) is 37.0 Å². The molecule has 0 spiro atoms. The molecule has 7 heteroatoms. The molecule has 0 radical (unpaired) electrons. The molecule has 1 atom stereocenters. The third-order valence-electron chi connectivity index (χ3n) is 5.61. The van der Waals surface area contributed by atoms with Crippen LogP contribution in [0.2, 0.25) is 0 Å². The van der Waals surface area contributed by atoms with Crippen LogP contribution in [-0.4, -0.2) is 62.2 Å². The summed E-state index contributed by atoms with van der Waals surface area (Å²) in [6.45, 7) is 4.34. The van der Waals surface area contributed by atoms with E-state index in [1.165, 1.54) is 0 Å². The first-order valence-corrected chi connectivity index (χ1v) is 9.76. The molecular formula is C21H29N3O4. The number of methoxy groups -OCH3 is 2. The number of piperidine rings is 1. The normalized spacial score (nSPS) is 16.2. The van der Waals surface area contributed by atoms with Gasteiger partial charge in [0.25, 0.3) is 5.91 Å². The lowest BCUT2D eigenvalue weighted by atomic mass is 9.85. The molecule has 7 nitrogen and oxygen atoms in total. The topological polar surface area (TPSA) is 83.7 Å². The highest BCUT2D eigenvalue weighted by atomic mass is 16.5. The van der Waals surface area contributed by atoms with E-state index < -0.39 is 0 Å². The second-order valence-corrected chi connectivity index (χ2v) is 7.34. The number of hydrogen-bond donors (Lipinski definition) is 2. The summed E-state index contributed by atoms with van der Waals surface area (Å²) >= 11 is 0. The number of nitrogens with zero attached hydrogens (tertiary/aromatic N) is 1. The van der Waals surface area contributed by atoms with E-state index in [4.69, 9.17) is 9.47 Å². The third-order valence-corrected chi connectivity index (χ3v) is 5.61. The van der Waals surface area contributed by atoms with Crippen LogP contribution >= 0.6 is 0 Å². The highest BCUT2D eigenvalue weighted by Gasteiger charge is 2.30. The molecule has 2 N–H and O–H groups in total. The number of ether oxygens (including phenoxy) is 2. The summed E-state index contributed by atoms with van der Waals surface area (Å²) in [5, 5.41) is 3.89. The number of amides is 2. The maximum atomic E-state index is 12.9. The van der Waals surface area contributed by atoms with Crippen LogP contribution in [0.1, 0.15) is 30.3 Å². The van der Waals surface area contributed by atoms with Gasteiger partial charge >= 0.3 is 0 Å². The minimum absolute atomic E-state index is 0.00539. The fraction of sp³-hybridized carbons (Fsp3) is 0.524. The Labute approximate surface area is 165 Å². The summed E-state index contributed by atoms with van der Waals surface area (Å²) in [7, 11) is 3.24. The van der Waals surface area contributed by atoms with E-state index in [2.05, 4.69) is 10.3 Å². The first-order chi connectivity index (χ1) is 13.5. The van der Waals surface area contributed by atoms with E-state index in [1.807, 2.05) is 36.1 Å². The lowest BCUT2D eigenvalue weighted by Gasteiger charge is -2.34. The van der Waals surface area contributed by atoms with Gasteiger partial charge in [-0.25, -0.2) is 0 Å². The van der Waals surface area contributed by atoms with E-state index in [9.17, 15) is 9.59 Å². The summed E-state index contributed by atoms with van der Waals surface area (Å²) in [5.74, 6) is 1.05. The summed E-state index contributed by atoms with van der Waals surface area (Å²) in [5.41, 5.74) is 1.48. The third kappa shape index (κ3) is 4.47. The lowest BCUT2D eigenvalue weighted by Crippen LogP contribution is -2.43. The van der Waals surface area contributed by atoms with E-state index in [1.54, 1.807) is 14.2 Å². The van der Waals surface area contributed by atoms with Crippen molar-refractivity contribution in [2.75, 3.05) is 40.5 Å². The molecule has 0 aliphatic carbocycles. The Hall–Kier alpha value is -2.54. The van der Waals surface area contributed by atoms with Gasteiger partial charge in [0.05, 0.1) is 13.7 Å². The molecule has 1 unspecified atom stereocenters. The maximum absolute atomic E-state index is 12.9. The number of aromatic nitrogens is 1. The van der Waals surface area contributed by atoms with Gasteiger partial charge in [-0.15, -0.1) is 0 Å². The molecule has 0 saturated carbocycles. The Morgan fingerprint density at radius 1 is 1.25 bits per heavy atom. The number of benzene rings is 1. The van der Waals surface area contributed by atoms with Crippen molar-refractivity contribution in [1.29, 1.82) is 0 Å². The molecule has 1 fully saturated rings. The van der Waals surface area contributed by atoms with E-state index >= 15 is 0 Å². The molecule has 2 amide bonds. The second-order valence-electron chi connectivity index (χ2n) is 7.34. The number of carbonyl (C=O) groups excluding carboxylic acids is 2. The zero-order valence-corrected chi connectivity index (χ0v) is 16.8. The molecule has 2 aromatic rings. The van der Waals surface area contributed by atoms with E-state index in [0.717, 1.165) is 29.5 Å². The van der Waals surface area contributed by atoms with Crippen LogP contribution in [0.3, 0.4) is 0 Å². The van der Waals surface area contributed by atoms with Crippen LogP contribution in [0.15, 0.2) is 24.3 Å². The van der Waals surface area contributed by atoms with Crippen molar-refractivity contribution in [3.8, 4) is 5.75 Å². The van der Waals surface area contributed by atoms with Gasteiger partial charge in [0, 0.05) is 49.6 Å². The van der Waals surface area contributed by atoms with Crippen LogP contribution < -0.4 is 10.1 Å². The number of nitrogens with one attached hydrogen (secondary N) is 2. The van der Waals surface area contributed by atoms with Crippen molar-refractivity contribution >= 4 is 22.7 Å². The first kappa shape index (κ1) is 20.2. The van der Waals surface area contributed by atoms with Gasteiger partial charge in [0.15, 0.2) is 0 Å². The van der Waals surface area contributed by atoms with Crippen molar-refractivity contribution in [2.45, 2.75) is 19.8 Å². The maximum Gasteiger partial charge on any atom is 0.270 e. The molecule has 2 heterocycles. The van der Waals surface area contributed by atoms with Crippen LogP contribution in [0.25, 0.3) is 10.9 Å². The van der Waals surface area contributed by atoms with Gasteiger partial charge in [-0.2, -0.15) is 0 Å². The molecule has 0 bridgehead atoms. The highest BCUT2D eigenvalue weighted by Crippen LogP contribution is 2.27. The molecule has 28 heavy (non-hydrogen) atoms. The molecule has 1 aliphatic heterocycles. The molecule has 1 aromatic carbocycles. The van der Waals surface area contributed by atoms with E-state index in [0.29, 0.717) is 37.9 Å². The van der Waals surface area contributed by atoms with Crippen LogP contribution in [0.4, 0.5) is 0 Å². The largest absolute Gasteiger partial charge is 0.497 e. The first-order valence-electron chi connectivity index (χ1n) is 9.76. The Morgan fingerprint density at radius 3 is 2.68 bits per heavy atom. The standard InChI is InChI=1S/C21H29N3O4/c1-14(20(25)22-8-11-27-2)15-6-9-24(10-7-15)21(26)19-12-16-4-5-17(28-3)13-18(16)23-19/h4-5,12-15,23H,6-11H2,1-3H3,(H,22,25). The van der Waals surface area contributed by atoms with Crippen molar-refractivity contribution in [2.24, 2.45) is 11.8 Å². The zero-order chi connectivity index (χ0) is 20.1. The highest BCUT2D eigenvalue weighted by molar-refractivity contribution is 5.98. The van der Waals surface area contributed by atoms with Gasteiger partial charge in [0.1, 0.15) is 11.4 Å². The summed E-state index contributed by atoms with van der Waals surface area (Å²) in [4.78, 5) is 30.2. The Balaban J connectivity index is 1.57. The van der Waals surface area contributed by atoms with Crippen LogP contribution in [0, 0.1) is 11.8 Å². The fourth-order valence-corrected chi connectivity index (χ4v) is 3.77. The molecular weight excluding hydrogens is 358 g/mol. The molecule has 1 aromatic heterocycles. The molecule has 3 rings (SSSR count).